The van der Waals surface area contributed by atoms with Crippen molar-refractivity contribution in [2.45, 2.75) is 38.1 Å². The lowest BCUT2D eigenvalue weighted by atomic mass is 9.96. The summed E-state index contributed by atoms with van der Waals surface area (Å²) in [7, 11) is 0. The average molecular weight is 337 g/mol. The summed E-state index contributed by atoms with van der Waals surface area (Å²) in [5.74, 6) is 0.669. The van der Waals surface area contributed by atoms with Crippen LogP contribution in [0.2, 0.25) is 0 Å². The van der Waals surface area contributed by atoms with Gasteiger partial charge in [-0.05, 0) is 37.2 Å². The van der Waals surface area contributed by atoms with E-state index in [1.54, 1.807) is 0 Å². The summed E-state index contributed by atoms with van der Waals surface area (Å²) in [5.41, 5.74) is 0.849. The molecule has 7 heteroatoms. The van der Waals surface area contributed by atoms with Gasteiger partial charge < -0.3 is 25.8 Å². The Balaban J connectivity index is 1.77. The van der Waals surface area contributed by atoms with E-state index in [4.69, 9.17) is 22.1 Å². The lowest BCUT2D eigenvalue weighted by molar-refractivity contribution is 0.191. The topological polar surface area (TPSA) is 82.6 Å². The van der Waals surface area contributed by atoms with Gasteiger partial charge in [-0.25, -0.2) is 4.79 Å². The third kappa shape index (κ3) is 6.73. The Morgan fingerprint density at radius 1 is 1.30 bits per heavy atom. The maximum Gasteiger partial charge on any atom is 0.404 e. The molecule has 1 fully saturated rings. The first-order valence-electron chi connectivity index (χ1n) is 7.90. The van der Waals surface area contributed by atoms with Crippen LogP contribution in [0.5, 0.6) is 5.75 Å². The van der Waals surface area contributed by atoms with Gasteiger partial charge in [0.1, 0.15) is 12.4 Å². The van der Waals surface area contributed by atoms with Crippen molar-refractivity contribution in [3.8, 4) is 5.75 Å². The minimum Gasteiger partial charge on any atom is -0.492 e. The van der Waals surface area contributed by atoms with Crippen molar-refractivity contribution in [1.29, 1.82) is 0 Å². The summed E-state index contributed by atoms with van der Waals surface area (Å²) in [6.45, 7) is 0.523. The lowest BCUT2D eigenvalue weighted by Gasteiger charge is -2.24. The van der Waals surface area contributed by atoms with E-state index in [0.717, 1.165) is 5.69 Å². The number of amides is 1. The second-order valence-corrected chi connectivity index (χ2v) is 5.95. The molecule has 0 atom stereocenters. The molecule has 2 rings (SSSR count). The van der Waals surface area contributed by atoms with Gasteiger partial charge in [-0.1, -0.05) is 25.3 Å². The fraction of sp³-hybridized carbons (Fsp3) is 0.500. The number of ether oxygens (including phenoxy) is 1. The molecule has 1 aliphatic rings. The average Bonchev–Trinajstić information content (AvgIpc) is 2.52. The van der Waals surface area contributed by atoms with Crippen LogP contribution in [0.25, 0.3) is 0 Å². The Kier molecular flexibility index (Phi) is 6.93. The molecular weight excluding hydrogens is 314 g/mol. The fourth-order valence-corrected chi connectivity index (χ4v) is 2.87. The van der Waals surface area contributed by atoms with E-state index in [0.29, 0.717) is 16.9 Å². The lowest BCUT2D eigenvalue weighted by Crippen LogP contribution is -2.38. The van der Waals surface area contributed by atoms with E-state index < -0.39 is 6.09 Å². The normalized spacial score (nSPS) is 14.8. The molecule has 1 amide bonds. The summed E-state index contributed by atoms with van der Waals surface area (Å²) in [4.78, 5) is 10.4. The number of anilines is 1. The Morgan fingerprint density at radius 3 is 2.83 bits per heavy atom. The van der Waals surface area contributed by atoms with Crippen LogP contribution in [0, 0.1) is 0 Å². The van der Waals surface area contributed by atoms with Crippen LogP contribution < -0.4 is 20.7 Å². The number of rotatable bonds is 6. The number of carbonyl (C=O) groups is 1. The summed E-state index contributed by atoms with van der Waals surface area (Å²) < 4.78 is 5.50. The van der Waals surface area contributed by atoms with Gasteiger partial charge in [-0.2, -0.15) is 0 Å². The second-order valence-electron chi connectivity index (χ2n) is 5.54. The Hall–Kier alpha value is -2.02. The van der Waals surface area contributed by atoms with Gasteiger partial charge in [0.15, 0.2) is 5.11 Å². The van der Waals surface area contributed by atoms with E-state index in [1.165, 1.54) is 32.1 Å². The van der Waals surface area contributed by atoms with E-state index in [2.05, 4.69) is 16.0 Å². The first kappa shape index (κ1) is 17.3. The number of hydrogen-bond donors (Lipinski definition) is 4. The standard InChI is InChI=1S/C16H23N3O3S/c20-16(21)17-9-10-22-14-8-4-7-13(11-14)19-15(23)18-12-5-2-1-3-6-12/h4,7-8,11-12,17H,1-3,5-6,9-10H2,(H,20,21)(H2,18,19,23). The van der Waals surface area contributed by atoms with Crippen LogP contribution in [0.15, 0.2) is 24.3 Å². The minimum absolute atomic E-state index is 0.245. The van der Waals surface area contributed by atoms with Crippen LogP contribution in [0.4, 0.5) is 10.5 Å². The van der Waals surface area contributed by atoms with E-state index in [9.17, 15) is 4.79 Å². The zero-order chi connectivity index (χ0) is 16.5. The first-order chi connectivity index (χ1) is 11.1. The summed E-state index contributed by atoms with van der Waals surface area (Å²) in [5, 5.41) is 17.9. The fourth-order valence-electron chi connectivity index (χ4n) is 2.59. The van der Waals surface area contributed by atoms with Crippen molar-refractivity contribution in [2.75, 3.05) is 18.5 Å². The van der Waals surface area contributed by atoms with Gasteiger partial charge in [0.05, 0.1) is 6.54 Å². The number of carboxylic acid groups (broad SMARTS) is 1. The van der Waals surface area contributed by atoms with Crippen LogP contribution in [0.1, 0.15) is 32.1 Å². The zero-order valence-electron chi connectivity index (χ0n) is 13.0. The molecule has 1 aliphatic carbocycles. The van der Waals surface area contributed by atoms with Gasteiger partial charge >= 0.3 is 6.09 Å². The molecule has 0 aliphatic heterocycles. The quantitative estimate of drug-likeness (QED) is 0.472. The molecule has 23 heavy (non-hydrogen) atoms. The molecule has 1 saturated carbocycles. The summed E-state index contributed by atoms with van der Waals surface area (Å²) >= 11 is 5.36. The Labute approximate surface area is 141 Å². The van der Waals surface area contributed by atoms with Crippen molar-refractivity contribution in [2.24, 2.45) is 0 Å². The minimum atomic E-state index is -1.05. The molecular formula is C16H23N3O3S. The molecule has 0 aromatic heterocycles. The molecule has 0 spiro atoms. The Morgan fingerprint density at radius 2 is 2.09 bits per heavy atom. The molecule has 1 aromatic carbocycles. The number of hydrogen-bond acceptors (Lipinski definition) is 3. The van der Waals surface area contributed by atoms with E-state index in [-0.39, 0.29) is 13.2 Å². The first-order valence-corrected chi connectivity index (χ1v) is 8.31. The molecule has 4 N–H and O–H groups in total. The van der Waals surface area contributed by atoms with Crippen molar-refractivity contribution in [1.82, 2.24) is 10.6 Å². The highest BCUT2D eigenvalue weighted by atomic mass is 32.1. The van der Waals surface area contributed by atoms with Crippen LogP contribution >= 0.6 is 12.2 Å². The van der Waals surface area contributed by atoms with Crippen molar-refractivity contribution < 1.29 is 14.6 Å². The molecule has 0 radical (unpaired) electrons. The third-order valence-corrected chi connectivity index (χ3v) is 3.90. The van der Waals surface area contributed by atoms with Gasteiger partial charge in [-0.3, -0.25) is 0 Å². The molecule has 0 saturated heterocycles. The zero-order valence-corrected chi connectivity index (χ0v) is 13.8. The largest absolute Gasteiger partial charge is 0.492 e. The van der Waals surface area contributed by atoms with Crippen LogP contribution in [0.3, 0.4) is 0 Å². The molecule has 1 aromatic rings. The summed E-state index contributed by atoms with van der Waals surface area (Å²) in [6, 6.07) is 7.91. The van der Waals surface area contributed by atoms with Crippen molar-refractivity contribution >= 4 is 29.1 Å². The molecule has 0 bridgehead atoms. The number of thiocarbonyl (C=S) groups is 1. The van der Waals surface area contributed by atoms with Gasteiger partial charge in [0.2, 0.25) is 0 Å². The smallest absolute Gasteiger partial charge is 0.404 e. The highest BCUT2D eigenvalue weighted by Crippen LogP contribution is 2.19. The maximum atomic E-state index is 10.4. The molecule has 6 nitrogen and oxygen atoms in total. The highest BCUT2D eigenvalue weighted by molar-refractivity contribution is 7.80. The predicted molar refractivity (Wildman–Crippen MR) is 94.2 cm³/mol. The van der Waals surface area contributed by atoms with Gasteiger partial charge in [-0.15, -0.1) is 0 Å². The number of nitrogens with one attached hydrogen (secondary N) is 3. The third-order valence-electron chi connectivity index (χ3n) is 3.68. The van der Waals surface area contributed by atoms with Gasteiger partial charge in [0.25, 0.3) is 0 Å². The maximum absolute atomic E-state index is 10.4. The molecule has 0 heterocycles. The number of benzene rings is 1. The van der Waals surface area contributed by atoms with Crippen LogP contribution in [-0.2, 0) is 0 Å². The Bertz CT molecular complexity index is 533. The van der Waals surface area contributed by atoms with E-state index in [1.807, 2.05) is 24.3 Å². The SMILES string of the molecule is O=C(O)NCCOc1cccc(NC(=S)NC2CCCCC2)c1. The second kappa shape index (κ2) is 9.19. The highest BCUT2D eigenvalue weighted by Gasteiger charge is 2.13. The predicted octanol–water partition coefficient (Wildman–Crippen LogP) is 2.95. The summed E-state index contributed by atoms with van der Waals surface area (Å²) in [6.07, 6.45) is 5.11. The van der Waals surface area contributed by atoms with Crippen molar-refractivity contribution in [3.63, 3.8) is 0 Å². The van der Waals surface area contributed by atoms with E-state index >= 15 is 0 Å². The molecule has 0 unspecified atom stereocenters. The molecule has 126 valence electrons. The van der Waals surface area contributed by atoms with Gasteiger partial charge in [0, 0.05) is 17.8 Å². The van der Waals surface area contributed by atoms with Crippen LogP contribution in [-0.4, -0.2) is 35.5 Å². The monoisotopic (exact) mass is 337 g/mol. The van der Waals surface area contributed by atoms with Crippen molar-refractivity contribution in [3.05, 3.63) is 24.3 Å².